The number of benzene rings is 3. The summed E-state index contributed by atoms with van der Waals surface area (Å²) in [5.41, 5.74) is 3.29. The molecule has 0 heterocycles. The summed E-state index contributed by atoms with van der Waals surface area (Å²) in [5.74, 6) is 0. The minimum absolute atomic E-state index is 0.778. The fourth-order valence-electron chi connectivity index (χ4n) is 2.32. The third-order valence-electron chi connectivity index (χ3n) is 3.32. The highest BCUT2D eigenvalue weighted by atomic mass is 35.5. The number of rotatable bonds is 2. The molecule has 0 spiro atoms. The van der Waals surface area contributed by atoms with Gasteiger partial charge in [0.2, 0.25) is 0 Å². The van der Waals surface area contributed by atoms with Gasteiger partial charge in [-0.2, -0.15) is 0 Å². The largest absolute Gasteiger partial charge is 0.0905 e. The Balaban J connectivity index is 2.22. The lowest BCUT2D eigenvalue weighted by Gasteiger charge is -2.11. The molecule has 92 valence electrons. The second kappa shape index (κ2) is 4.91. The van der Waals surface area contributed by atoms with E-state index in [1.807, 2.05) is 48.5 Å². The van der Waals surface area contributed by atoms with Crippen LogP contribution < -0.4 is 0 Å². The predicted octanol–water partition coefficient (Wildman–Crippen LogP) is 5.55. The highest BCUT2D eigenvalue weighted by Crippen LogP contribution is 2.32. The van der Waals surface area contributed by atoms with Crippen LogP contribution in [0.4, 0.5) is 0 Å². The van der Waals surface area contributed by atoms with Crippen molar-refractivity contribution in [3.63, 3.8) is 0 Å². The lowest BCUT2D eigenvalue weighted by atomic mass is 9.94. The van der Waals surface area contributed by atoms with Crippen LogP contribution in [-0.2, 0) is 0 Å². The first-order valence-corrected chi connectivity index (χ1v) is 6.57. The van der Waals surface area contributed by atoms with Crippen molar-refractivity contribution in [3.8, 4) is 0 Å². The van der Waals surface area contributed by atoms with Crippen molar-refractivity contribution in [2.24, 2.45) is 0 Å². The van der Waals surface area contributed by atoms with Gasteiger partial charge in [0.15, 0.2) is 0 Å². The molecule has 0 bridgehead atoms. The average molecular weight is 265 g/mol. The van der Waals surface area contributed by atoms with Crippen molar-refractivity contribution in [2.75, 3.05) is 0 Å². The van der Waals surface area contributed by atoms with Gasteiger partial charge in [0, 0.05) is 10.4 Å². The monoisotopic (exact) mass is 264 g/mol. The van der Waals surface area contributed by atoms with E-state index in [4.69, 9.17) is 11.6 Å². The van der Waals surface area contributed by atoms with Gasteiger partial charge in [0.25, 0.3) is 0 Å². The van der Waals surface area contributed by atoms with Crippen molar-refractivity contribution in [2.45, 2.75) is 0 Å². The minimum Gasteiger partial charge on any atom is -0.0905 e. The topological polar surface area (TPSA) is 0 Å². The van der Waals surface area contributed by atoms with Gasteiger partial charge in [-0.15, -0.1) is 0 Å². The normalized spacial score (nSPS) is 10.6. The van der Waals surface area contributed by atoms with Crippen LogP contribution in [0.25, 0.3) is 16.3 Å². The van der Waals surface area contributed by atoms with E-state index in [1.54, 1.807) is 0 Å². The molecule has 1 heteroatoms. The molecule has 0 aliphatic heterocycles. The first-order chi connectivity index (χ1) is 9.27. The number of fused-ring (bicyclic) bond motifs is 1. The second-order valence-electron chi connectivity index (χ2n) is 4.49. The number of hydrogen-bond acceptors (Lipinski definition) is 0. The van der Waals surface area contributed by atoms with E-state index in [2.05, 4.69) is 24.8 Å². The van der Waals surface area contributed by atoms with Crippen LogP contribution in [0.3, 0.4) is 0 Å². The maximum absolute atomic E-state index is 6.25. The molecule has 0 aliphatic carbocycles. The maximum Gasteiger partial charge on any atom is 0.0484 e. The van der Waals surface area contributed by atoms with Crippen LogP contribution in [0.2, 0.25) is 5.02 Å². The van der Waals surface area contributed by atoms with E-state index in [0.717, 1.165) is 32.5 Å². The van der Waals surface area contributed by atoms with Crippen LogP contribution in [0.15, 0.2) is 73.3 Å². The zero-order valence-corrected chi connectivity index (χ0v) is 11.2. The molecule has 0 nitrogen and oxygen atoms in total. The molecule has 3 aromatic rings. The molecule has 3 rings (SSSR count). The molecule has 0 unspecified atom stereocenters. The lowest BCUT2D eigenvalue weighted by Crippen LogP contribution is -1.88. The fourth-order valence-corrected chi connectivity index (χ4v) is 2.55. The summed E-state index contributed by atoms with van der Waals surface area (Å²) in [7, 11) is 0. The third kappa shape index (κ3) is 2.16. The number of halogens is 1. The Labute approximate surface area is 118 Å². The molecule has 0 fully saturated rings. The van der Waals surface area contributed by atoms with E-state index in [1.165, 1.54) is 0 Å². The van der Waals surface area contributed by atoms with Gasteiger partial charge in [0.1, 0.15) is 0 Å². The molecule has 0 amide bonds. The standard InChI is InChI=1S/C18H13Cl/c1-13(14-7-3-2-4-8-14)15-11-12-18(19)17-10-6-5-9-16(15)17/h2-12H,1H2. The average Bonchev–Trinajstić information content (AvgIpc) is 2.48. The predicted molar refractivity (Wildman–Crippen MR) is 83.5 cm³/mol. The quantitative estimate of drug-likeness (QED) is 0.569. The highest BCUT2D eigenvalue weighted by molar-refractivity contribution is 6.35. The maximum atomic E-state index is 6.25. The SMILES string of the molecule is C=C(c1ccccc1)c1ccc(Cl)c2ccccc12. The van der Waals surface area contributed by atoms with Crippen LogP contribution in [-0.4, -0.2) is 0 Å². The fraction of sp³-hybridized carbons (Fsp3) is 0. The van der Waals surface area contributed by atoms with Crippen LogP contribution in [0.5, 0.6) is 0 Å². The summed E-state index contributed by atoms with van der Waals surface area (Å²) in [4.78, 5) is 0. The van der Waals surface area contributed by atoms with E-state index in [9.17, 15) is 0 Å². The summed E-state index contributed by atoms with van der Waals surface area (Å²) in [5, 5.41) is 2.99. The Bertz CT molecular complexity index is 742. The Kier molecular flexibility index (Phi) is 3.10. The molecular formula is C18H13Cl. The summed E-state index contributed by atoms with van der Waals surface area (Å²) in [6.45, 7) is 4.23. The van der Waals surface area contributed by atoms with Crippen molar-refractivity contribution in [1.29, 1.82) is 0 Å². The van der Waals surface area contributed by atoms with Gasteiger partial charge < -0.3 is 0 Å². The molecule has 0 saturated heterocycles. The molecule has 0 saturated carbocycles. The van der Waals surface area contributed by atoms with E-state index >= 15 is 0 Å². The van der Waals surface area contributed by atoms with Crippen LogP contribution >= 0.6 is 11.6 Å². The Morgan fingerprint density at radius 2 is 1.37 bits per heavy atom. The van der Waals surface area contributed by atoms with E-state index < -0.39 is 0 Å². The minimum atomic E-state index is 0.778. The molecule has 19 heavy (non-hydrogen) atoms. The molecule has 0 aromatic heterocycles. The molecule has 0 N–H and O–H groups in total. The highest BCUT2D eigenvalue weighted by Gasteiger charge is 2.08. The molecule has 0 atom stereocenters. The Hall–Kier alpha value is -2.05. The molecular weight excluding hydrogens is 252 g/mol. The summed E-state index contributed by atoms with van der Waals surface area (Å²) in [6, 6.07) is 22.4. The van der Waals surface area contributed by atoms with Gasteiger partial charge in [-0.1, -0.05) is 78.8 Å². The van der Waals surface area contributed by atoms with Crippen LogP contribution in [0, 0.1) is 0 Å². The van der Waals surface area contributed by atoms with Crippen molar-refractivity contribution >= 4 is 27.9 Å². The van der Waals surface area contributed by atoms with Crippen molar-refractivity contribution in [3.05, 3.63) is 89.5 Å². The van der Waals surface area contributed by atoms with Gasteiger partial charge in [-0.25, -0.2) is 0 Å². The summed E-state index contributed by atoms with van der Waals surface area (Å²) >= 11 is 6.25. The summed E-state index contributed by atoms with van der Waals surface area (Å²) < 4.78 is 0. The van der Waals surface area contributed by atoms with Gasteiger partial charge in [-0.3, -0.25) is 0 Å². The molecule has 0 radical (unpaired) electrons. The van der Waals surface area contributed by atoms with Gasteiger partial charge in [-0.05, 0) is 28.2 Å². The third-order valence-corrected chi connectivity index (χ3v) is 3.65. The Morgan fingerprint density at radius 1 is 0.737 bits per heavy atom. The van der Waals surface area contributed by atoms with Gasteiger partial charge >= 0.3 is 0 Å². The van der Waals surface area contributed by atoms with Crippen molar-refractivity contribution in [1.82, 2.24) is 0 Å². The lowest BCUT2D eigenvalue weighted by molar-refractivity contribution is 1.59. The van der Waals surface area contributed by atoms with E-state index in [-0.39, 0.29) is 0 Å². The Morgan fingerprint density at radius 3 is 2.11 bits per heavy atom. The second-order valence-corrected chi connectivity index (χ2v) is 4.89. The first-order valence-electron chi connectivity index (χ1n) is 6.19. The summed E-state index contributed by atoms with van der Waals surface area (Å²) in [6.07, 6.45) is 0. The van der Waals surface area contributed by atoms with Crippen molar-refractivity contribution < 1.29 is 0 Å². The van der Waals surface area contributed by atoms with E-state index in [0.29, 0.717) is 0 Å². The van der Waals surface area contributed by atoms with Gasteiger partial charge in [0.05, 0.1) is 0 Å². The zero-order chi connectivity index (χ0) is 13.2. The first kappa shape index (κ1) is 12.0. The molecule has 3 aromatic carbocycles. The molecule has 0 aliphatic rings. The smallest absolute Gasteiger partial charge is 0.0484 e. The number of hydrogen-bond donors (Lipinski definition) is 0. The van der Waals surface area contributed by atoms with Crippen LogP contribution in [0.1, 0.15) is 11.1 Å². The zero-order valence-electron chi connectivity index (χ0n) is 10.4.